The highest BCUT2D eigenvalue weighted by Crippen LogP contribution is 1.82. The number of esters is 1. The number of hydrogen-bond donors (Lipinski definition) is 1. The van der Waals surface area contributed by atoms with Gasteiger partial charge in [0.25, 0.3) is 0 Å². The molecule has 0 radical (unpaired) electrons. The lowest BCUT2D eigenvalue weighted by molar-refractivity contribution is -0.141. The number of carbonyl (C=O) groups is 1. The Balaban J connectivity index is 3.06. The fraction of sp³-hybridized carbons (Fsp3) is 0.500. The van der Waals surface area contributed by atoms with E-state index in [0.717, 1.165) is 0 Å². The van der Waals surface area contributed by atoms with Crippen molar-refractivity contribution in [2.75, 3.05) is 13.2 Å². The van der Waals surface area contributed by atoms with Gasteiger partial charge in [0, 0.05) is 0 Å². The van der Waals surface area contributed by atoms with E-state index in [1.165, 1.54) is 0 Å². The van der Waals surface area contributed by atoms with Crippen molar-refractivity contribution in [2.24, 2.45) is 5.73 Å². The van der Waals surface area contributed by atoms with E-state index < -0.39 is 0 Å². The van der Waals surface area contributed by atoms with Crippen LogP contribution in [0.4, 0.5) is 0 Å². The van der Waals surface area contributed by atoms with Gasteiger partial charge < -0.3 is 10.5 Å². The standard InChI is InChI=1S/C6H11NO2/c1-2-3-4-9-6(8)5-7/h2H,1,3-5,7H2. The van der Waals surface area contributed by atoms with Crippen LogP contribution >= 0.6 is 0 Å². The SMILES string of the molecule is C=CCCOC(=O)CN. The van der Waals surface area contributed by atoms with Crippen LogP contribution in [0.5, 0.6) is 0 Å². The van der Waals surface area contributed by atoms with Gasteiger partial charge in [-0.05, 0) is 6.42 Å². The summed E-state index contributed by atoms with van der Waals surface area (Å²) >= 11 is 0. The monoisotopic (exact) mass is 129 g/mol. The minimum absolute atomic E-state index is 0.0445. The summed E-state index contributed by atoms with van der Waals surface area (Å²) in [5.74, 6) is -0.364. The van der Waals surface area contributed by atoms with Gasteiger partial charge in [0.15, 0.2) is 0 Å². The molecule has 0 saturated carbocycles. The van der Waals surface area contributed by atoms with E-state index >= 15 is 0 Å². The number of rotatable bonds is 4. The van der Waals surface area contributed by atoms with E-state index in [4.69, 9.17) is 5.73 Å². The molecule has 0 saturated heterocycles. The van der Waals surface area contributed by atoms with E-state index in [9.17, 15) is 4.79 Å². The Labute approximate surface area is 54.5 Å². The van der Waals surface area contributed by atoms with Crippen molar-refractivity contribution in [2.45, 2.75) is 6.42 Å². The van der Waals surface area contributed by atoms with Crippen molar-refractivity contribution in [3.8, 4) is 0 Å². The summed E-state index contributed by atoms with van der Waals surface area (Å²) in [5, 5.41) is 0. The van der Waals surface area contributed by atoms with Gasteiger partial charge in [0.1, 0.15) is 0 Å². The Morgan fingerprint density at radius 2 is 2.44 bits per heavy atom. The van der Waals surface area contributed by atoms with Crippen LogP contribution in [-0.4, -0.2) is 19.1 Å². The summed E-state index contributed by atoms with van der Waals surface area (Å²) in [5.41, 5.74) is 4.95. The minimum Gasteiger partial charge on any atom is -0.464 e. The van der Waals surface area contributed by atoms with Gasteiger partial charge in [-0.1, -0.05) is 6.08 Å². The number of carbonyl (C=O) groups excluding carboxylic acids is 1. The Kier molecular flexibility index (Phi) is 4.82. The Morgan fingerprint density at radius 3 is 2.89 bits per heavy atom. The second-order valence-corrected chi connectivity index (χ2v) is 1.50. The first-order valence-electron chi connectivity index (χ1n) is 2.78. The van der Waals surface area contributed by atoms with Gasteiger partial charge in [-0.15, -0.1) is 6.58 Å². The zero-order valence-electron chi connectivity index (χ0n) is 5.30. The maximum atomic E-state index is 10.3. The molecule has 0 aromatic rings. The van der Waals surface area contributed by atoms with Crippen LogP contribution in [0.3, 0.4) is 0 Å². The van der Waals surface area contributed by atoms with E-state index in [1.54, 1.807) is 6.08 Å². The van der Waals surface area contributed by atoms with Crippen molar-refractivity contribution in [3.05, 3.63) is 12.7 Å². The highest BCUT2D eigenvalue weighted by Gasteiger charge is 1.94. The first kappa shape index (κ1) is 8.17. The molecule has 0 aromatic carbocycles. The second-order valence-electron chi connectivity index (χ2n) is 1.50. The number of nitrogens with two attached hydrogens (primary N) is 1. The zero-order chi connectivity index (χ0) is 7.11. The van der Waals surface area contributed by atoms with Crippen molar-refractivity contribution in [1.82, 2.24) is 0 Å². The maximum Gasteiger partial charge on any atom is 0.319 e. The fourth-order valence-corrected chi connectivity index (χ4v) is 0.315. The van der Waals surface area contributed by atoms with Gasteiger partial charge in [0.05, 0.1) is 13.2 Å². The summed E-state index contributed by atoms with van der Waals surface area (Å²) in [4.78, 5) is 10.3. The molecule has 0 unspecified atom stereocenters. The lowest BCUT2D eigenvalue weighted by atomic mass is 10.4. The summed E-state index contributed by atoms with van der Waals surface area (Å²) in [6, 6.07) is 0. The van der Waals surface area contributed by atoms with Gasteiger partial charge in [0.2, 0.25) is 0 Å². The highest BCUT2D eigenvalue weighted by molar-refractivity contribution is 5.71. The summed E-state index contributed by atoms with van der Waals surface area (Å²) in [6.45, 7) is 3.80. The Morgan fingerprint density at radius 1 is 1.78 bits per heavy atom. The molecule has 0 amide bonds. The highest BCUT2D eigenvalue weighted by atomic mass is 16.5. The van der Waals surface area contributed by atoms with Gasteiger partial charge >= 0.3 is 5.97 Å². The molecule has 0 aromatic heterocycles. The largest absolute Gasteiger partial charge is 0.464 e. The normalized spacial score (nSPS) is 8.56. The number of hydrogen-bond acceptors (Lipinski definition) is 3. The van der Waals surface area contributed by atoms with Gasteiger partial charge in [-0.25, -0.2) is 0 Å². The molecule has 52 valence electrons. The molecule has 0 aliphatic rings. The van der Waals surface area contributed by atoms with Crippen LogP contribution in [-0.2, 0) is 9.53 Å². The molecule has 0 atom stereocenters. The number of ether oxygens (including phenoxy) is 1. The first-order chi connectivity index (χ1) is 4.31. The topological polar surface area (TPSA) is 52.3 Å². The molecule has 3 nitrogen and oxygen atoms in total. The lowest BCUT2D eigenvalue weighted by Crippen LogP contribution is -2.16. The molecule has 0 rings (SSSR count). The molecule has 0 aliphatic heterocycles. The zero-order valence-corrected chi connectivity index (χ0v) is 5.30. The smallest absolute Gasteiger partial charge is 0.319 e. The van der Waals surface area contributed by atoms with Crippen LogP contribution in [0.25, 0.3) is 0 Å². The molecule has 0 spiro atoms. The quantitative estimate of drug-likeness (QED) is 0.332. The minimum atomic E-state index is -0.364. The average Bonchev–Trinajstić information content (AvgIpc) is 1.89. The average molecular weight is 129 g/mol. The molecule has 3 heteroatoms. The fourth-order valence-electron chi connectivity index (χ4n) is 0.315. The van der Waals surface area contributed by atoms with Crippen LogP contribution in [0, 0.1) is 0 Å². The van der Waals surface area contributed by atoms with Crippen molar-refractivity contribution in [3.63, 3.8) is 0 Å². The third-order valence-electron chi connectivity index (χ3n) is 0.752. The summed E-state index contributed by atoms with van der Waals surface area (Å²) in [6.07, 6.45) is 2.37. The summed E-state index contributed by atoms with van der Waals surface area (Å²) in [7, 11) is 0. The molecule has 0 heterocycles. The van der Waals surface area contributed by atoms with E-state index in [-0.39, 0.29) is 12.5 Å². The molecule has 9 heavy (non-hydrogen) atoms. The molecule has 2 N–H and O–H groups in total. The molecular weight excluding hydrogens is 118 g/mol. The van der Waals surface area contributed by atoms with E-state index in [1.807, 2.05) is 0 Å². The summed E-state index contributed by atoms with van der Waals surface area (Å²) < 4.78 is 4.60. The van der Waals surface area contributed by atoms with Crippen molar-refractivity contribution < 1.29 is 9.53 Å². The van der Waals surface area contributed by atoms with E-state index in [2.05, 4.69) is 11.3 Å². The molecule has 0 aliphatic carbocycles. The van der Waals surface area contributed by atoms with Crippen LogP contribution < -0.4 is 5.73 Å². The molecule has 0 fully saturated rings. The lowest BCUT2D eigenvalue weighted by Gasteiger charge is -1.97. The van der Waals surface area contributed by atoms with Crippen molar-refractivity contribution >= 4 is 5.97 Å². The third-order valence-corrected chi connectivity index (χ3v) is 0.752. The predicted molar refractivity (Wildman–Crippen MR) is 34.8 cm³/mol. The molecular formula is C6H11NO2. The van der Waals surface area contributed by atoms with Crippen LogP contribution in [0.15, 0.2) is 12.7 Å². The molecule has 0 bridgehead atoms. The second kappa shape index (κ2) is 5.31. The third kappa shape index (κ3) is 5.03. The van der Waals surface area contributed by atoms with Crippen LogP contribution in [0.2, 0.25) is 0 Å². The maximum absolute atomic E-state index is 10.3. The van der Waals surface area contributed by atoms with Gasteiger partial charge in [-0.3, -0.25) is 4.79 Å². The Hall–Kier alpha value is -0.830. The predicted octanol–water partition coefficient (Wildman–Crippen LogP) is 0.0644. The van der Waals surface area contributed by atoms with E-state index in [0.29, 0.717) is 13.0 Å². The first-order valence-corrected chi connectivity index (χ1v) is 2.78. The van der Waals surface area contributed by atoms with Gasteiger partial charge in [-0.2, -0.15) is 0 Å². The Bertz CT molecular complexity index is 101. The van der Waals surface area contributed by atoms with Crippen LogP contribution in [0.1, 0.15) is 6.42 Å². The van der Waals surface area contributed by atoms with Crippen molar-refractivity contribution in [1.29, 1.82) is 0 Å².